The van der Waals surface area contributed by atoms with Gasteiger partial charge < -0.3 is 14.9 Å². The molecule has 1 saturated heterocycles. The summed E-state index contributed by atoms with van der Waals surface area (Å²) in [5, 5.41) is 12.3. The second kappa shape index (κ2) is 16.3. The number of aliphatic hydroxyl groups is 1. The number of benzene rings is 3. The molecule has 1 heterocycles. The molecule has 0 radical (unpaired) electrons. The zero-order valence-electron chi connectivity index (χ0n) is 26.8. The molecule has 9 heteroatoms. The van der Waals surface area contributed by atoms with Gasteiger partial charge in [-0.05, 0) is 104 Å². The van der Waals surface area contributed by atoms with E-state index in [1.165, 1.54) is 12.1 Å². The molecule has 2 amide bonds. The highest BCUT2D eigenvalue weighted by Crippen LogP contribution is 2.31. The van der Waals surface area contributed by atoms with Gasteiger partial charge in [-0.3, -0.25) is 14.4 Å². The van der Waals surface area contributed by atoms with Crippen molar-refractivity contribution < 1.29 is 28.3 Å². The lowest BCUT2D eigenvalue weighted by Crippen LogP contribution is -2.47. The Morgan fingerprint density at radius 3 is 2.30 bits per heavy atom. The van der Waals surface area contributed by atoms with Crippen LogP contribution in [0.1, 0.15) is 83.4 Å². The van der Waals surface area contributed by atoms with Gasteiger partial charge in [0.1, 0.15) is 11.6 Å². The number of nitrogens with zero attached hydrogens (tertiary/aromatic N) is 2. The molecule has 4 rings (SSSR count). The van der Waals surface area contributed by atoms with Crippen LogP contribution in [0.4, 0.5) is 8.78 Å². The van der Waals surface area contributed by atoms with Crippen LogP contribution >= 0.6 is 11.6 Å². The number of carbonyl (C=O) groups excluding carboxylic acids is 3. The largest absolute Gasteiger partial charge is 0.392 e. The fourth-order valence-electron chi connectivity index (χ4n) is 6.43. The third kappa shape index (κ3) is 9.23. The van der Waals surface area contributed by atoms with Crippen molar-refractivity contribution in [2.75, 3.05) is 19.6 Å². The van der Waals surface area contributed by atoms with Crippen molar-refractivity contribution in [1.29, 1.82) is 0 Å². The van der Waals surface area contributed by atoms with E-state index in [0.717, 1.165) is 30.0 Å². The van der Waals surface area contributed by atoms with Crippen LogP contribution < -0.4 is 0 Å². The number of amides is 2. The number of hydrogen-bond acceptors (Lipinski definition) is 4. The average molecular weight is 653 g/mol. The molecule has 0 spiro atoms. The highest BCUT2D eigenvalue weighted by Gasteiger charge is 2.38. The number of Topliss-reactive ketones (excluding diaryl/α,β-unsaturated/α-hetero) is 1. The van der Waals surface area contributed by atoms with Gasteiger partial charge in [0.05, 0.1) is 12.0 Å². The first-order valence-electron chi connectivity index (χ1n) is 16.1. The maximum atomic E-state index is 14.2. The lowest BCUT2D eigenvalue weighted by molar-refractivity contribution is -0.145. The van der Waals surface area contributed by atoms with Crippen LogP contribution in [0.3, 0.4) is 0 Å². The van der Waals surface area contributed by atoms with Crippen LogP contribution in [0.5, 0.6) is 0 Å². The van der Waals surface area contributed by atoms with Gasteiger partial charge in [-0.15, -0.1) is 0 Å². The summed E-state index contributed by atoms with van der Waals surface area (Å²) in [6.45, 7) is 7.87. The number of halogens is 3. The molecular formula is C37H43ClF2N2O4. The quantitative estimate of drug-likeness (QED) is 0.184. The van der Waals surface area contributed by atoms with Crippen LogP contribution in [-0.4, -0.2) is 58.2 Å². The Hall–Kier alpha value is -3.62. The van der Waals surface area contributed by atoms with E-state index in [9.17, 15) is 28.3 Å². The molecule has 2 unspecified atom stereocenters. The molecule has 1 N–H and O–H groups in total. The first-order valence-corrected chi connectivity index (χ1v) is 16.5. The van der Waals surface area contributed by atoms with Crippen molar-refractivity contribution in [3.8, 4) is 0 Å². The maximum Gasteiger partial charge on any atom is 0.253 e. The number of aliphatic hydroxyl groups excluding tert-OH is 1. The number of likely N-dealkylation sites (tertiary alicyclic amines) is 1. The third-order valence-electron chi connectivity index (χ3n) is 8.52. The van der Waals surface area contributed by atoms with E-state index in [2.05, 4.69) is 0 Å². The maximum absolute atomic E-state index is 14.2. The molecule has 1 fully saturated rings. The van der Waals surface area contributed by atoms with Gasteiger partial charge in [0.25, 0.3) is 5.91 Å². The summed E-state index contributed by atoms with van der Waals surface area (Å²) in [6.07, 6.45) is 1.24. The van der Waals surface area contributed by atoms with Crippen LogP contribution in [0, 0.1) is 30.4 Å². The zero-order valence-corrected chi connectivity index (χ0v) is 27.5. The Kier molecular flexibility index (Phi) is 12.5. The SMILES string of the molecule is CCCN(CCC)C(=O)c1cc(C)cc(C(=O)CC(Cc2cc(F)cc(F)c2)[C@H](O)C2CCCN(Cc3cccc(Cl)c3)C2=O)c1. The monoisotopic (exact) mass is 652 g/mol. The lowest BCUT2D eigenvalue weighted by Gasteiger charge is -2.37. The predicted octanol–water partition coefficient (Wildman–Crippen LogP) is 7.42. The van der Waals surface area contributed by atoms with Crippen LogP contribution in [0.25, 0.3) is 0 Å². The number of aryl methyl sites for hydroxylation is 1. The first-order chi connectivity index (χ1) is 22.0. The van der Waals surface area contributed by atoms with Gasteiger partial charge in [0.15, 0.2) is 5.78 Å². The van der Waals surface area contributed by atoms with Crippen LogP contribution in [0.15, 0.2) is 60.7 Å². The third-order valence-corrected chi connectivity index (χ3v) is 8.75. The van der Waals surface area contributed by atoms with Crippen LogP contribution in [0.2, 0.25) is 5.02 Å². The van der Waals surface area contributed by atoms with Gasteiger partial charge in [-0.2, -0.15) is 0 Å². The first kappa shape index (κ1) is 35.2. The van der Waals surface area contributed by atoms with Crippen LogP contribution in [-0.2, 0) is 17.8 Å². The molecule has 0 aromatic heterocycles. The average Bonchev–Trinajstić information content (AvgIpc) is 3.00. The van der Waals surface area contributed by atoms with Crippen molar-refractivity contribution in [1.82, 2.24) is 9.80 Å². The van der Waals surface area contributed by atoms with Crippen molar-refractivity contribution >= 4 is 29.2 Å². The molecule has 1 aliphatic rings. The minimum absolute atomic E-state index is 0.0158. The zero-order chi connectivity index (χ0) is 33.4. The molecule has 0 saturated carbocycles. The topological polar surface area (TPSA) is 77.9 Å². The Morgan fingerprint density at radius 2 is 1.65 bits per heavy atom. The number of hydrogen-bond donors (Lipinski definition) is 1. The lowest BCUT2D eigenvalue weighted by atomic mass is 9.79. The van der Waals surface area contributed by atoms with E-state index in [0.29, 0.717) is 55.2 Å². The van der Waals surface area contributed by atoms with Gasteiger partial charge in [0, 0.05) is 54.8 Å². The summed E-state index contributed by atoms with van der Waals surface area (Å²) in [7, 11) is 0. The highest BCUT2D eigenvalue weighted by molar-refractivity contribution is 6.30. The van der Waals surface area contributed by atoms with Crippen molar-refractivity contribution in [3.63, 3.8) is 0 Å². The molecule has 46 heavy (non-hydrogen) atoms. The summed E-state index contributed by atoms with van der Waals surface area (Å²) in [5.41, 5.74) is 2.61. The molecule has 3 aromatic carbocycles. The molecule has 6 nitrogen and oxygen atoms in total. The summed E-state index contributed by atoms with van der Waals surface area (Å²) < 4.78 is 28.3. The Morgan fingerprint density at radius 1 is 0.978 bits per heavy atom. The Balaban J connectivity index is 1.61. The van der Waals surface area contributed by atoms with E-state index in [-0.39, 0.29) is 36.0 Å². The number of piperidine rings is 1. The molecular weight excluding hydrogens is 610 g/mol. The van der Waals surface area contributed by atoms with Crippen molar-refractivity contribution in [3.05, 3.63) is 105 Å². The minimum atomic E-state index is -1.25. The van der Waals surface area contributed by atoms with Gasteiger partial charge >= 0.3 is 0 Å². The standard InChI is InChI=1S/C37H43ClF2N2O4/c1-4-11-41(12-5-2)36(45)29-15-24(3)14-27(20-29)34(43)21-28(16-26-18-31(39)22-32(40)19-26)35(44)33-10-7-13-42(37(33)46)23-25-8-6-9-30(38)17-25/h6,8-9,14-15,17-20,22,28,33,35,44H,4-5,7,10-13,16,21,23H2,1-3H3/t28?,33?,35-/m0/s1. The molecule has 3 aromatic rings. The molecule has 0 bridgehead atoms. The Labute approximate surface area is 275 Å². The summed E-state index contributed by atoms with van der Waals surface area (Å²) >= 11 is 6.15. The van der Waals surface area contributed by atoms with E-state index < -0.39 is 29.6 Å². The normalized spacial score (nSPS) is 16.3. The molecule has 246 valence electrons. The molecule has 0 aliphatic carbocycles. The van der Waals surface area contributed by atoms with E-state index >= 15 is 0 Å². The second-order valence-electron chi connectivity index (χ2n) is 12.4. The van der Waals surface area contributed by atoms with E-state index in [1.54, 1.807) is 40.1 Å². The van der Waals surface area contributed by atoms with E-state index in [1.807, 2.05) is 32.9 Å². The number of ketones is 1. The Bertz CT molecular complexity index is 1520. The highest BCUT2D eigenvalue weighted by atomic mass is 35.5. The fourth-order valence-corrected chi connectivity index (χ4v) is 6.65. The summed E-state index contributed by atoms with van der Waals surface area (Å²) in [5.74, 6) is -3.85. The van der Waals surface area contributed by atoms with Gasteiger partial charge in [-0.1, -0.05) is 37.6 Å². The summed E-state index contributed by atoms with van der Waals surface area (Å²) in [6, 6.07) is 15.4. The predicted molar refractivity (Wildman–Crippen MR) is 176 cm³/mol. The smallest absolute Gasteiger partial charge is 0.253 e. The van der Waals surface area contributed by atoms with Crippen molar-refractivity contribution in [2.45, 2.75) is 71.9 Å². The van der Waals surface area contributed by atoms with Crippen molar-refractivity contribution in [2.24, 2.45) is 11.8 Å². The van der Waals surface area contributed by atoms with Gasteiger partial charge in [0.2, 0.25) is 5.91 Å². The summed E-state index contributed by atoms with van der Waals surface area (Å²) in [4.78, 5) is 44.4. The molecule has 3 atom stereocenters. The number of carbonyl (C=O) groups is 3. The second-order valence-corrected chi connectivity index (χ2v) is 12.8. The fraction of sp³-hybridized carbons (Fsp3) is 0.432. The van der Waals surface area contributed by atoms with E-state index in [4.69, 9.17) is 11.6 Å². The molecule has 1 aliphatic heterocycles. The number of rotatable bonds is 14. The van der Waals surface area contributed by atoms with Gasteiger partial charge in [-0.25, -0.2) is 8.78 Å². The minimum Gasteiger partial charge on any atom is -0.392 e.